The molecule has 0 radical (unpaired) electrons. The van der Waals surface area contributed by atoms with E-state index >= 15 is 0 Å². The molecular formula is C28H26F2N4OS. The first-order valence-electron chi connectivity index (χ1n) is 12.5. The largest absolute Gasteiger partial charge is 0.360 e. The van der Waals surface area contributed by atoms with Crippen molar-refractivity contribution in [2.45, 2.75) is 51.9 Å². The van der Waals surface area contributed by atoms with Crippen LogP contribution < -0.4 is 4.90 Å². The van der Waals surface area contributed by atoms with Gasteiger partial charge in [-0.1, -0.05) is 22.6 Å². The molecule has 0 unspecified atom stereocenters. The minimum absolute atomic E-state index is 0.131. The Morgan fingerprint density at radius 1 is 1.06 bits per heavy atom. The van der Waals surface area contributed by atoms with Crippen molar-refractivity contribution in [3.63, 3.8) is 0 Å². The summed E-state index contributed by atoms with van der Waals surface area (Å²) in [5, 5.41) is 5.26. The number of piperidine rings is 1. The molecule has 5 nitrogen and oxygen atoms in total. The van der Waals surface area contributed by atoms with E-state index in [2.05, 4.69) is 26.1 Å². The number of fused-ring (bicyclic) bond motifs is 1. The van der Waals surface area contributed by atoms with Gasteiger partial charge in [0.05, 0.1) is 10.9 Å². The molecule has 3 aliphatic rings. The zero-order valence-corrected chi connectivity index (χ0v) is 21.1. The highest BCUT2D eigenvalue weighted by atomic mass is 32.1. The summed E-state index contributed by atoms with van der Waals surface area (Å²) in [4.78, 5) is 10.9. The third-order valence-corrected chi connectivity index (χ3v) is 9.01. The average molecular weight is 505 g/mol. The Bertz CT molecular complexity index is 1520. The first-order chi connectivity index (χ1) is 17.4. The van der Waals surface area contributed by atoms with Gasteiger partial charge < -0.3 is 9.42 Å². The van der Waals surface area contributed by atoms with Crippen molar-refractivity contribution in [1.82, 2.24) is 15.1 Å². The number of pyridine rings is 1. The maximum atomic E-state index is 14.8. The number of aromatic nitrogens is 3. The van der Waals surface area contributed by atoms with Gasteiger partial charge in [0.1, 0.15) is 17.0 Å². The van der Waals surface area contributed by atoms with E-state index < -0.39 is 0 Å². The van der Waals surface area contributed by atoms with E-state index in [0.29, 0.717) is 22.7 Å². The second-order valence-electron chi connectivity index (χ2n) is 10.6. The Kier molecular flexibility index (Phi) is 4.87. The molecule has 1 spiro atoms. The number of anilines is 1. The predicted octanol–water partition coefficient (Wildman–Crippen LogP) is 7.19. The van der Waals surface area contributed by atoms with E-state index in [1.807, 2.05) is 19.9 Å². The molecule has 2 fully saturated rings. The van der Waals surface area contributed by atoms with Crippen LogP contribution in [-0.2, 0) is 0 Å². The summed E-state index contributed by atoms with van der Waals surface area (Å²) in [6, 6.07) is 3.55. The quantitative estimate of drug-likeness (QED) is 0.294. The van der Waals surface area contributed by atoms with Crippen molar-refractivity contribution in [2.75, 3.05) is 18.0 Å². The van der Waals surface area contributed by atoms with Gasteiger partial charge in [-0.05, 0) is 80.2 Å². The van der Waals surface area contributed by atoms with Gasteiger partial charge in [-0.25, -0.2) is 13.8 Å². The van der Waals surface area contributed by atoms with Crippen LogP contribution in [0, 0.1) is 30.9 Å². The smallest absolute Gasteiger partial charge is 0.186 e. The third kappa shape index (κ3) is 3.49. The summed E-state index contributed by atoms with van der Waals surface area (Å²) in [5.74, 6) is 0.682. The zero-order valence-electron chi connectivity index (χ0n) is 20.3. The van der Waals surface area contributed by atoms with Crippen LogP contribution in [0.15, 0.2) is 35.1 Å². The van der Waals surface area contributed by atoms with Gasteiger partial charge in [0.25, 0.3) is 0 Å². The van der Waals surface area contributed by atoms with Crippen LogP contribution in [0.2, 0.25) is 0 Å². The molecule has 0 N–H and O–H groups in total. The van der Waals surface area contributed by atoms with Crippen LogP contribution in [0.5, 0.6) is 0 Å². The van der Waals surface area contributed by atoms with E-state index in [-0.39, 0.29) is 17.0 Å². The van der Waals surface area contributed by atoms with Crippen LogP contribution in [0.3, 0.4) is 0 Å². The fraction of sp³-hybridized carbons (Fsp3) is 0.393. The first-order valence-corrected chi connectivity index (χ1v) is 13.4. The summed E-state index contributed by atoms with van der Waals surface area (Å²) < 4.78 is 35.9. The summed E-state index contributed by atoms with van der Waals surface area (Å²) in [6.07, 6.45) is 10.4. The van der Waals surface area contributed by atoms with E-state index in [0.717, 1.165) is 77.5 Å². The third-order valence-electron chi connectivity index (χ3n) is 7.95. The number of benzene rings is 1. The molecule has 4 heterocycles. The number of rotatable bonds is 4. The van der Waals surface area contributed by atoms with Crippen molar-refractivity contribution in [3.05, 3.63) is 64.7 Å². The van der Waals surface area contributed by atoms with Crippen molar-refractivity contribution in [1.29, 1.82) is 0 Å². The molecule has 8 heteroatoms. The molecular weight excluding hydrogens is 478 g/mol. The molecule has 36 heavy (non-hydrogen) atoms. The number of halogens is 2. The van der Waals surface area contributed by atoms with Crippen LogP contribution in [-0.4, -0.2) is 28.2 Å². The fourth-order valence-corrected chi connectivity index (χ4v) is 6.96. The van der Waals surface area contributed by atoms with Crippen LogP contribution in [0.4, 0.5) is 13.9 Å². The summed E-state index contributed by atoms with van der Waals surface area (Å²) in [7, 11) is 0. The fourth-order valence-electron chi connectivity index (χ4n) is 5.83. The van der Waals surface area contributed by atoms with E-state index in [1.54, 1.807) is 23.6 Å². The summed E-state index contributed by atoms with van der Waals surface area (Å²) >= 11 is 1.57. The molecule has 4 aromatic rings. The van der Waals surface area contributed by atoms with Gasteiger partial charge in [0.15, 0.2) is 16.8 Å². The standard InChI is InChI=1S/C28H26F2N4OS/c1-15-9-19(29)24-21(10-15)36-27(32-24)34-7-5-28(6-8-34)11-18(12-28)23-25(33-35-26(23)17-3-4-17)22-16(2)13-31-14-20(22)30/h9-11,13-14,17H,3-8,12H2,1-2H3. The van der Waals surface area contributed by atoms with Crippen molar-refractivity contribution in [3.8, 4) is 11.3 Å². The van der Waals surface area contributed by atoms with Crippen LogP contribution >= 0.6 is 11.3 Å². The molecule has 1 aliphatic heterocycles. The van der Waals surface area contributed by atoms with Gasteiger partial charge in [-0.2, -0.15) is 0 Å². The molecule has 1 aromatic carbocycles. The van der Waals surface area contributed by atoms with Gasteiger partial charge >= 0.3 is 0 Å². The topological polar surface area (TPSA) is 55.1 Å². The molecule has 184 valence electrons. The lowest BCUT2D eigenvalue weighted by molar-refractivity contribution is 0.277. The Balaban J connectivity index is 1.16. The van der Waals surface area contributed by atoms with Crippen molar-refractivity contribution < 1.29 is 13.3 Å². The molecule has 3 aromatic heterocycles. The van der Waals surface area contributed by atoms with Gasteiger partial charge in [-0.3, -0.25) is 4.98 Å². The lowest BCUT2D eigenvalue weighted by Crippen LogP contribution is -2.42. The summed E-state index contributed by atoms with van der Waals surface area (Å²) in [5.41, 5.74) is 5.59. The number of allylic oxidation sites excluding steroid dienone is 2. The number of aryl methyl sites for hydroxylation is 2. The normalized spacial score (nSPS) is 19.1. The molecule has 1 saturated heterocycles. The Hall–Kier alpha value is -3.13. The number of hydrogen-bond donors (Lipinski definition) is 0. The second kappa shape index (κ2) is 7.93. The predicted molar refractivity (Wildman–Crippen MR) is 137 cm³/mol. The number of thiazole rings is 1. The lowest BCUT2D eigenvalue weighted by Gasteiger charge is -2.46. The molecule has 7 rings (SSSR count). The Labute approximate surface area is 211 Å². The zero-order chi connectivity index (χ0) is 24.6. The first kappa shape index (κ1) is 22.1. The van der Waals surface area contributed by atoms with Gasteiger partial charge in [-0.15, -0.1) is 0 Å². The SMILES string of the molecule is Cc1cc(F)c2nc(N3CCC4(C=C(c5c(-c6c(C)cncc6F)noc5C5CC5)C4)CC3)sc2c1. The van der Waals surface area contributed by atoms with E-state index in [4.69, 9.17) is 4.52 Å². The average Bonchev–Trinajstić information content (AvgIpc) is 3.44. The maximum absolute atomic E-state index is 14.8. The number of nitrogens with zero attached hydrogens (tertiary/aromatic N) is 4. The van der Waals surface area contributed by atoms with E-state index in [1.165, 1.54) is 11.8 Å². The molecule has 0 bridgehead atoms. The number of hydrogen-bond acceptors (Lipinski definition) is 6. The maximum Gasteiger partial charge on any atom is 0.186 e. The molecule has 0 atom stereocenters. The van der Waals surface area contributed by atoms with Crippen molar-refractivity contribution >= 4 is 32.3 Å². The Morgan fingerprint density at radius 3 is 2.56 bits per heavy atom. The lowest BCUT2D eigenvalue weighted by atomic mass is 9.63. The van der Waals surface area contributed by atoms with E-state index in [9.17, 15) is 8.78 Å². The molecule has 0 amide bonds. The second-order valence-corrected chi connectivity index (χ2v) is 11.7. The highest BCUT2D eigenvalue weighted by Gasteiger charge is 2.44. The van der Waals surface area contributed by atoms with Crippen molar-refractivity contribution in [2.24, 2.45) is 5.41 Å². The monoisotopic (exact) mass is 504 g/mol. The summed E-state index contributed by atoms with van der Waals surface area (Å²) in [6.45, 7) is 5.54. The highest BCUT2D eigenvalue weighted by molar-refractivity contribution is 7.22. The molecule has 1 saturated carbocycles. The molecule has 2 aliphatic carbocycles. The van der Waals surface area contributed by atoms with Crippen LogP contribution in [0.25, 0.3) is 27.0 Å². The minimum atomic E-state index is -0.364. The van der Waals surface area contributed by atoms with Gasteiger partial charge in [0.2, 0.25) is 0 Å². The highest BCUT2D eigenvalue weighted by Crippen LogP contribution is 2.56. The van der Waals surface area contributed by atoms with Crippen LogP contribution in [0.1, 0.15) is 60.5 Å². The van der Waals surface area contributed by atoms with Gasteiger partial charge in [0, 0.05) is 36.3 Å². The minimum Gasteiger partial charge on any atom is -0.360 e. The Morgan fingerprint density at radius 2 is 1.83 bits per heavy atom.